The van der Waals surface area contributed by atoms with Crippen LogP contribution in [-0.4, -0.2) is 46.3 Å². The van der Waals surface area contributed by atoms with E-state index in [-0.39, 0.29) is 6.54 Å². The van der Waals surface area contributed by atoms with Crippen molar-refractivity contribution >= 4 is 17.8 Å². The van der Waals surface area contributed by atoms with Crippen LogP contribution in [0.2, 0.25) is 0 Å². The molecule has 4 amide bonds. The van der Waals surface area contributed by atoms with Crippen LogP contribution in [0.4, 0.5) is 18.0 Å². The third-order valence-corrected chi connectivity index (χ3v) is 4.61. The molecule has 0 aromatic heterocycles. The highest BCUT2D eigenvalue weighted by Crippen LogP contribution is 2.30. The van der Waals surface area contributed by atoms with Gasteiger partial charge in [-0.15, -0.1) is 0 Å². The summed E-state index contributed by atoms with van der Waals surface area (Å²) in [6, 6.07) is 2.58. The first kappa shape index (κ1) is 18.2. The van der Waals surface area contributed by atoms with Gasteiger partial charge in [0.1, 0.15) is 12.1 Å². The average Bonchev–Trinajstić information content (AvgIpc) is 2.82. The normalized spacial score (nSPS) is 24.2. The first-order chi connectivity index (χ1) is 12.2. The minimum atomic E-state index is -4.46. The Balaban J connectivity index is 1.77. The van der Waals surface area contributed by atoms with Crippen molar-refractivity contribution in [1.82, 2.24) is 15.1 Å². The lowest BCUT2D eigenvalue weighted by Crippen LogP contribution is -2.54. The molecule has 0 bridgehead atoms. The average molecular weight is 369 g/mol. The number of benzene rings is 1. The van der Waals surface area contributed by atoms with Crippen molar-refractivity contribution in [3.63, 3.8) is 0 Å². The molecular formula is C17H18F3N3O3. The van der Waals surface area contributed by atoms with E-state index in [4.69, 9.17) is 0 Å². The molecule has 26 heavy (non-hydrogen) atoms. The third-order valence-electron chi connectivity index (χ3n) is 4.61. The predicted octanol–water partition coefficient (Wildman–Crippen LogP) is 2.14. The van der Waals surface area contributed by atoms with Crippen LogP contribution >= 0.6 is 0 Å². The molecule has 9 heteroatoms. The van der Waals surface area contributed by atoms with Crippen LogP contribution in [0.3, 0.4) is 0 Å². The second-order valence-corrected chi connectivity index (χ2v) is 6.50. The van der Waals surface area contributed by atoms with E-state index >= 15 is 0 Å². The van der Waals surface area contributed by atoms with Gasteiger partial charge in [-0.2, -0.15) is 13.2 Å². The van der Waals surface area contributed by atoms with E-state index in [2.05, 4.69) is 5.32 Å². The zero-order valence-corrected chi connectivity index (χ0v) is 14.0. The van der Waals surface area contributed by atoms with Gasteiger partial charge < -0.3 is 10.2 Å². The fourth-order valence-electron chi connectivity index (χ4n) is 3.30. The van der Waals surface area contributed by atoms with Gasteiger partial charge in [0.15, 0.2) is 0 Å². The van der Waals surface area contributed by atoms with Gasteiger partial charge in [0.05, 0.1) is 5.56 Å². The highest BCUT2D eigenvalue weighted by molar-refractivity contribution is 6.07. The number of nitrogens with one attached hydrogen (secondary N) is 1. The molecule has 2 aliphatic heterocycles. The summed E-state index contributed by atoms with van der Waals surface area (Å²) < 4.78 is 38.5. The van der Waals surface area contributed by atoms with Crippen LogP contribution in [0.25, 0.3) is 0 Å². The van der Waals surface area contributed by atoms with Gasteiger partial charge in [-0.3, -0.25) is 9.59 Å². The number of rotatable bonds is 3. The lowest BCUT2D eigenvalue weighted by atomic mass is 10.0. The van der Waals surface area contributed by atoms with Crippen LogP contribution < -0.4 is 5.32 Å². The monoisotopic (exact) mass is 369 g/mol. The van der Waals surface area contributed by atoms with Gasteiger partial charge in [-0.1, -0.05) is 12.1 Å². The maximum absolute atomic E-state index is 12.8. The summed E-state index contributed by atoms with van der Waals surface area (Å²) in [7, 11) is 0. The fraction of sp³-hybridized carbons (Fsp3) is 0.471. The molecule has 0 spiro atoms. The zero-order valence-electron chi connectivity index (χ0n) is 14.0. The smallest absolute Gasteiger partial charge is 0.337 e. The number of carbonyl (C=O) groups excluding carboxylic acids is 3. The summed E-state index contributed by atoms with van der Waals surface area (Å²) in [5, 5.41) is 2.46. The van der Waals surface area contributed by atoms with E-state index in [1.807, 2.05) is 0 Å². The number of likely N-dealkylation sites (tertiary alicyclic amines) is 1. The summed E-state index contributed by atoms with van der Waals surface area (Å²) in [6.45, 7) is 1.90. The molecule has 2 saturated heterocycles. The first-order valence-electron chi connectivity index (χ1n) is 8.27. The van der Waals surface area contributed by atoms with E-state index in [0.29, 0.717) is 24.9 Å². The van der Waals surface area contributed by atoms with Gasteiger partial charge in [0, 0.05) is 13.1 Å². The molecule has 2 fully saturated rings. The van der Waals surface area contributed by atoms with Crippen molar-refractivity contribution in [3.05, 3.63) is 35.4 Å². The summed E-state index contributed by atoms with van der Waals surface area (Å²) in [5.41, 5.74) is -0.432. The number of alkyl halides is 3. The molecule has 1 aromatic carbocycles. The maximum atomic E-state index is 12.8. The molecule has 2 atom stereocenters. The lowest BCUT2D eigenvalue weighted by Gasteiger charge is -2.35. The lowest BCUT2D eigenvalue weighted by molar-refractivity contribution is -0.145. The SMILES string of the molecule is C[C@@H]1NC(=O)N([C@H]2CCCN(Cc3cccc(C(F)(F)F)c3)C2=O)C1=O. The van der Waals surface area contributed by atoms with E-state index in [0.717, 1.165) is 17.0 Å². The molecule has 3 rings (SSSR count). The van der Waals surface area contributed by atoms with Crippen LogP contribution in [0, 0.1) is 0 Å². The Hall–Kier alpha value is -2.58. The van der Waals surface area contributed by atoms with Crippen LogP contribution in [0.15, 0.2) is 24.3 Å². The van der Waals surface area contributed by atoms with Gasteiger partial charge >= 0.3 is 12.2 Å². The highest BCUT2D eigenvalue weighted by Gasteiger charge is 2.45. The quantitative estimate of drug-likeness (QED) is 0.830. The summed E-state index contributed by atoms with van der Waals surface area (Å²) in [4.78, 5) is 39.1. The molecule has 140 valence electrons. The Morgan fingerprint density at radius 2 is 1.92 bits per heavy atom. The molecule has 2 heterocycles. The van der Waals surface area contributed by atoms with E-state index in [1.54, 1.807) is 0 Å². The number of carbonyl (C=O) groups is 3. The second kappa shape index (κ2) is 6.62. The number of halogens is 3. The summed E-state index contributed by atoms with van der Waals surface area (Å²) in [6.07, 6.45) is -3.55. The number of amides is 4. The van der Waals surface area contributed by atoms with E-state index in [9.17, 15) is 27.6 Å². The van der Waals surface area contributed by atoms with Gasteiger partial charge in [-0.25, -0.2) is 9.69 Å². The van der Waals surface area contributed by atoms with Crippen LogP contribution in [0.1, 0.15) is 30.9 Å². The molecule has 1 N–H and O–H groups in total. The number of imide groups is 1. The van der Waals surface area contributed by atoms with Gasteiger partial charge in [-0.05, 0) is 37.5 Å². The summed E-state index contributed by atoms with van der Waals surface area (Å²) in [5.74, 6) is -0.888. The van der Waals surface area contributed by atoms with Gasteiger partial charge in [0.25, 0.3) is 5.91 Å². The van der Waals surface area contributed by atoms with Crippen molar-refractivity contribution < 1.29 is 27.6 Å². The molecule has 0 saturated carbocycles. The minimum absolute atomic E-state index is 0.00153. The van der Waals surface area contributed by atoms with Crippen molar-refractivity contribution in [2.45, 2.75) is 44.6 Å². The van der Waals surface area contributed by atoms with Crippen molar-refractivity contribution in [2.75, 3.05) is 6.54 Å². The maximum Gasteiger partial charge on any atom is 0.416 e. The second-order valence-electron chi connectivity index (χ2n) is 6.50. The molecule has 6 nitrogen and oxygen atoms in total. The van der Waals surface area contributed by atoms with Crippen molar-refractivity contribution in [2.24, 2.45) is 0 Å². The van der Waals surface area contributed by atoms with Crippen molar-refractivity contribution in [1.29, 1.82) is 0 Å². The number of hydrogen-bond donors (Lipinski definition) is 1. The Labute approximate surface area is 147 Å². The third kappa shape index (κ3) is 3.38. The number of piperidine rings is 1. The standard InChI is InChI=1S/C17H18F3N3O3/c1-10-14(24)23(16(26)21-10)13-6-3-7-22(15(13)25)9-11-4-2-5-12(8-11)17(18,19)20/h2,4-5,8,10,13H,3,6-7,9H2,1H3,(H,21,26)/t10-,13-/m0/s1. The zero-order chi connectivity index (χ0) is 19.1. The minimum Gasteiger partial charge on any atom is -0.337 e. The first-order valence-corrected chi connectivity index (χ1v) is 8.27. The number of hydrogen-bond acceptors (Lipinski definition) is 3. The van der Waals surface area contributed by atoms with Gasteiger partial charge in [0.2, 0.25) is 5.91 Å². The Kier molecular flexibility index (Phi) is 4.64. The molecule has 0 radical (unpaired) electrons. The molecular weight excluding hydrogens is 351 g/mol. The number of nitrogens with zero attached hydrogens (tertiary/aromatic N) is 2. The van der Waals surface area contributed by atoms with Crippen LogP contribution in [-0.2, 0) is 22.3 Å². The highest BCUT2D eigenvalue weighted by atomic mass is 19.4. The Bertz CT molecular complexity index is 750. The predicted molar refractivity (Wildman–Crippen MR) is 84.7 cm³/mol. The molecule has 1 aromatic rings. The topological polar surface area (TPSA) is 69.7 Å². The molecule has 0 aliphatic carbocycles. The Morgan fingerprint density at radius 3 is 2.54 bits per heavy atom. The van der Waals surface area contributed by atoms with E-state index < -0.39 is 41.7 Å². The molecule has 2 aliphatic rings. The summed E-state index contributed by atoms with van der Waals surface area (Å²) >= 11 is 0. The van der Waals surface area contributed by atoms with Crippen LogP contribution in [0.5, 0.6) is 0 Å². The Morgan fingerprint density at radius 1 is 1.19 bits per heavy atom. The molecule has 0 unspecified atom stereocenters. The largest absolute Gasteiger partial charge is 0.416 e. The van der Waals surface area contributed by atoms with Crippen molar-refractivity contribution in [3.8, 4) is 0 Å². The fourth-order valence-corrected chi connectivity index (χ4v) is 3.30. The van der Waals surface area contributed by atoms with E-state index in [1.165, 1.54) is 24.0 Å². The number of urea groups is 1.